The van der Waals surface area contributed by atoms with Crippen LogP contribution in [0.2, 0.25) is 5.02 Å². The summed E-state index contributed by atoms with van der Waals surface area (Å²) in [4.78, 5) is 8.81. The first-order valence-electron chi connectivity index (χ1n) is 9.46. The highest BCUT2D eigenvalue weighted by atomic mass is 127. The minimum Gasteiger partial charge on any atom is -0.328 e. The van der Waals surface area contributed by atoms with Gasteiger partial charge in [0.1, 0.15) is 11.8 Å². The van der Waals surface area contributed by atoms with Gasteiger partial charge in [0.25, 0.3) is 0 Å². The van der Waals surface area contributed by atoms with Crippen molar-refractivity contribution >= 4 is 45.1 Å². The molecule has 3 nitrogen and oxygen atoms in total. The molecule has 0 amide bonds. The van der Waals surface area contributed by atoms with Gasteiger partial charge in [-0.15, -0.1) is 0 Å². The molecule has 3 rings (SSSR count). The number of hydrogen-bond acceptors (Lipinski definition) is 3. The van der Waals surface area contributed by atoms with E-state index in [4.69, 9.17) is 17.3 Å². The molecule has 0 aliphatic heterocycles. The highest BCUT2D eigenvalue weighted by molar-refractivity contribution is 14.1. The van der Waals surface area contributed by atoms with Gasteiger partial charge in [0.05, 0.1) is 14.3 Å². The van der Waals surface area contributed by atoms with Crippen molar-refractivity contribution in [3.05, 3.63) is 32.5 Å². The van der Waals surface area contributed by atoms with Crippen LogP contribution in [0.3, 0.4) is 0 Å². The topological polar surface area (TPSA) is 51.8 Å². The first-order chi connectivity index (χ1) is 12.4. The first-order valence-corrected chi connectivity index (χ1v) is 10.9. The number of benzene rings is 1. The van der Waals surface area contributed by atoms with Crippen molar-refractivity contribution in [2.75, 3.05) is 0 Å². The van der Waals surface area contributed by atoms with Gasteiger partial charge in [0.15, 0.2) is 5.82 Å². The van der Waals surface area contributed by atoms with Crippen LogP contribution in [0.15, 0.2) is 12.4 Å². The number of fused-ring (bicyclic) bond motifs is 1. The lowest BCUT2D eigenvalue weighted by atomic mass is 9.75. The third-order valence-electron chi connectivity index (χ3n) is 5.71. The second-order valence-corrected chi connectivity index (χ2v) is 9.26. The van der Waals surface area contributed by atoms with Crippen molar-refractivity contribution < 1.29 is 4.39 Å². The average Bonchev–Trinajstić information content (AvgIpc) is 2.66. The molecule has 2 unspecified atom stereocenters. The molecule has 2 atom stereocenters. The molecule has 1 aliphatic carbocycles. The van der Waals surface area contributed by atoms with Gasteiger partial charge >= 0.3 is 0 Å². The molecule has 2 aromatic rings. The number of rotatable bonds is 1. The Labute approximate surface area is 173 Å². The minimum absolute atomic E-state index is 0.147. The van der Waals surface area contributed by atoms with Crippen LogP contribution in [0.1, 0.15) is 70.4 Å². The van der Waals surface area contributed by atoms with Crippen molar-refractivity contribution in [2.45, 2.75) is 76.2 Å². The maximum Gasteiger partial charge on any atom is 0.164 e. The van der Waals surface area contributed by atoms with Crippen molar-refractivity contribution in [1.29, 1.82) is 0 Å². The molecule has 1 aromatic heterocycles. The van der Waals surface area contributed by atoms with Gasteiger partial charge in [-0.05, 0) is 54.3 Å². The zero-order chi connectivity index (χ0) is 18.7. The van der Waals surface area contributed by atoms with Crippen molar-refractivity contribution in [3.63, 3.8) is 0 Å². The Hall–Kier alpha value is -0.530. The van der Waals surface area contributed by atoms with Crippen molar-refractivity contribution in [1.82, 2.24) is 9.97 Å². The predicted molar refractivity (Wildman–Crippen MR) is 114 cm³/mol. The Balaban J connectivity index is 2.05. The second kappa shape index (κ2) is 8.65. The molecule has 1 saturated carbocycles. The zero-order valence-corrected chi connectivity index (χ0v) is 18.1. The van der Waals surface area contributed by atoms with E-state index in [0.29, 0.717) is 14.1 Å². The fourth-order valence-electron chi connectivity index (χ4n) is 4.05. The molecule has 6 heteroatoms. The summed E-state index contributed by atoms with van der Waals surface area (Å²) < 4.78 is 15.1. The van der Waals surface area contributed by atoms with E-state index in [9.17, 15) is 4.39 Å². The van der Waals surface area contributed by atoms with E-state index in [1.54, 1.807) is 0 Å². The molecule has 1 aliphatic rings. The average molecular weight is 490 g/mol. The normalized spacial score (nSPS) is 25.8. The lowest BCUT2D eigenvalue weighted by Crippen LogP contribution is -2.28. The molecule has 142 valence electrons. The smallest absolute Gasteiger partial charge is 0.164 e. The van der Waals surface area contributed by atoms with E-state index < -0.39 is 0 Å². The first kappa shape index (κ1) is 20.2. The van der Waals surface area contributed by atoms with Crippen molar-refractivity contribution in [2.24, 2.45) is 5.73 Å². The Morgan fingerprint density at radius 3 is 2.69 bits per heavy atom. The number of aromatic nitrogens is 2. The van der Waals surface area contributed by atoms with Gasteiger partial charge in [0.2, 0.25) is 0 Å². The van der Waals surface area contributed by atoms with Gasteiger partial charge in [-0.3, -0.25) is 0 Å². The summed E-state index contributed by atoms with van der Waals surface area (Å²) in [6.07, 6.45) is 11.6. The third-order valence-corrected chi connectivity index (χ3v) is 7.38. The van der Waals surface area contributed by atoms with Crippen LogP contribution in [-0.2, 0) is 5.41 Å². The largest absolute Gasteiger partial charge is 0.328 e. The lowest BCUT2D eigenvalue weighted by Gasteiger charge is -2.31. The molecule has 1 fully saturated rings. The fraction of sp³-hybridized carbons (Fsp3) is 0.600. The molecular weight excluding hydrogens is 464 g/mol. The van der Waals surface area contributed by atoms with Crippen LogP contribution in [0.4, 0.5) is 4.39 Å². The summed E-state index contributed by atoms with van der Waals surface area (Å²) in [6, 6.07) is 2.05. The maximum atomic E-state index is 14.7. The number of hydrogen-bond donors (Lipinski definition) is 1. The number of halogens is 3. The zero-order valence-electron chi connectivity index (χ0n) is 15.2. The molecule has 2 N–H and O–H groups in total. The Kier molecular flexibility index (Phi) is 6.73. The van der Waals surface area contributed by atoms with Crippen LogP contribution in [0, 0.1) is 9.39 Å². The van der Waals surface area contributed by atoms with Gasteiger partial charge in [-0.25, -0.2) is 14.4 Å². The summed E-state index contributed by atoms with van der Waals surface area (Å²) in [7, 11) is 0. The number of nitrogens with two attached hydrogens (primary N) is 1. The summed E-state index contributed by atoms with van der Waals surface area (Å²) in [5.74, 6) is -0.353. The molecule has 1 heterocycles. The van der Waals surface area contributed by atoms with Crippen LogP contribution in [0.25, 0.3) is 10.9 Å². The Morgan fingerprint density at radius 2 is 1.88 bits per heavy atom. The second-order valence-electron chi connectivity index (χ2n) is 7.77. The van der Waals surface area contributed by atoms with Crippen LogP contribution < -0.4 is 5.73 Å². The molecule has 0 radical (unpaired) electrons. The lowest BCUT2D eigenvalue weighted by molar-refractivity contribution is 0.352. The Morgan fingerprint density at radius 1 is 1.15 bits per heavy atom. The third kappa shape index (κ3) is 4.30. The fourth-order valence-corrected chi connectivity index (χ4v) is 4.65. The van der Waals surface area contributed by atoms with Crippen LogP contribution >= 0.6 is 34.2 Å². The van der Waals surface area contributed by atoms with E-state index in [-0.39, 0.29) is 17.3 Å². The Bertz CT molecular complexity index is 785. The molecule has 0 bridgehead atoms. The van der Waals surface area contributed by atoms with E-state index >= 15 is 0 Å². The van der Waals surface area contributed by atoms with Gasteiger partial charge in [-0.2, -0.15) is 0 Å². The molecule has 26 heavy (non-hydrogen) atoms. The van der Waals surface area contributed by atoms with E-state index in [2.05, 4.69) is 16.9 Å². The molecule has 1 aromatic carbocycles. The summed E-state index contributed by atoms with van der Waals surface area (Å²) in [6.45, 7) is 2.24. The van der Waals surface area contributed by atoms with E-state index in [1.165, 1.54) is 32.0 Å². The highest BCUT2D eigenvalue weighted by Crippen LogP contribution is 2.40. The molecular formula is C20H26ClFIN3. The van der Waals surface area contributed by atoms with Crippen LogP contribution in [-0.4, -0.2) is 16.0 Å². The number of nitrogens with zero attached hydrogens (tertiary/aromatic N) is 2. The van der Waals surface area contributed by atoms with Gasteiger partial charge < -0.3 is 5.73 Å². The molecule has 0 spiro atoms. The van der Waals surface area contributed by atoms with E-state index in [0.717, 1.165) is 43.2 Å². The predicted octanol–water partition coefficient (Wildman–Crippen LogP) is 6.14. The summed E-state index contributed by atoms with van der Waals surface area (Å²) in [5.41, 5.74) is 7.47. The van der Waals surface area contributed by atoms with Gasteiger partial charge in [0, 0.05) is 16.8 Å². The van der Waals surface area contributed by atoms with Gasteiger partial charge in [-0.1, -0.05) is 50.6 Å². The van der Waals surface area contributed by atoms with Crippen molar-refractivity contribution in [3.8, 4) is 0 Å². The van der Waals surface area contributed by atoms with Crippen LogP contribution in [0.5, 0.6) is 0 Å². The summed E-state index contributed by atoms with van der Waals surface area (Å²) >= 11 is 8.21. The summed E-state index contributed by atoms with van der Waals surface area (Å²) in [5, 5.41) is 1.16. The molecule has 0 saturated heterocycles. The SMILES string of the molecule is CC1(c2ncnc3c(F)c(I)c(Cl)cc23)CCCCCCCC(N)CC1. The van der Waals surface area contributed by atoms with E-state index in [1.807, 2.05) is 28.7 Å². The standard InChI is InChI=1S/C20H26ClFIN3/c1-20(9-6-4-2-3-5-7-13(24)8-10-20)19-14-11-15(21)17(23)16(22)18(14)25-12-26-19/h11-13H,2-10,24H2,1H3. The highest BCUT2D eigenvalue weighted by Gasteiger charge is 2.31. The quantitative estimate of drug-likeness (QED) is 0.387. The monoisotopic (exact) mass is 489 g/mol. The minimum atomic E-state index is -0.353. The maximum absolute atomic E-state index is 14.7.